The predicted molar refractivity (Wildman–Crippen MR) is 189 cm³/mol. The summed E-state index contributed by atoms with van der Waals surface area (Å²) in [5.41, 5.74) is 0. The van der Waals surface area contributed by atoms with Crippen LogP contribution in [0.2, 0.25) is 0 Å². The maximum atomic E-state index is 12.5. The second-order valence-corrected chi connectivity index (χ2v) is 14.8. The van der Waals surface area contributed by atoms with Crippen molar-refractivity contribution in [2.45, 2.75) is 191 Å². The lowest BCUT2D eigenvalue weighted by Crippen LogP contribution is -2.64. The standard InChI is InChI=1S/C36H67O13P/c1-3-5-6-7-8-9-10-11-12-13-14-15-16-17-18-19-20-21-22-23-24-25-30(38)48-28(26-46-29(37)4-2)27-47-50(44,45)49-36-34(42)32(40)31(39)33(41)35(36)43/h13-14,28,31-36,39-43H,3-12,15-27H2,1-2H3,(H,44,45)/b14-13-. The van der Waals surface area contributed by atoms with Crippen LogP contribution in [0.15, 0.2) is 12.2 Å². The minimum atomic E-state index is -5.08. The highest BCUT2D eigenvalue weighted by atomic mass is 31.2. The maximum absolute atomic E-state index is 12.5. The highest BCUT2D eigenvalue weighted by molar-refractivity contribution is 7.47. The van der Waals surface area contributed by atoms with Crippen LogP contribution in [0.3, 0.4) is 0 Å². The van der Waals surface area contributed by atoms with Crippen LogP contribution in [0.1, 0.15) is 149 Å². The van der Waals surface area contributed by atoms with Crippen LogP contribution in [0.4, 0.5) is 0 Å². The first-order valence-corrected chi connectivity index (χ1v) is 20.5. The van der Waals surface area contributed by atoms with Gasteiger partial charge in [-0.3, -0.25) is 18.6 Å². The SMILES string of the molecule is CCCCCCCCCC/C=C\CCCCCCCCCCCC(=O)OC(COC(=O)CC)COP(=O)(O)OC1C(O)C(O)C(O)C(O)C1O. The predicted octanol–water partition coefficient (Wildman–Crippen LogP) is 5.55. The zero-order chi connectivity index (χ0) is 37.2. The van der Waals surface area contributed by atoms with E-state index in [0.717, 1.165) is 32.1 Å². The lowest BCUT2D eigenvalue weighted by Gasteiger charge is -2.41. The van der Waals surface area contributed by atoms with Crippen molar-refractivity contribution in [3.8, 4) is 0 Å². The molecule has 1 saturated carbocycles. The van der Waals surface area contributed by atoms with Crippen LogP contribution in [0, 0.1) is 0 Å². The summed E-state index contributed by atoms with van der Waals surface area (Å²) in [5.74, 6) is -1.20. The van der Waals surface area contributed by atoms with Crippen molar-refractivity contribution in [1.29, 1.82) is 0 Å². The largest absolute Gasteiger partial charge is 0.472 e. The first kappa shape index (κ1) is 46.6. The van der Waals surface area contributed by atoms with Crippen molar-refractivity contribution in [3.63, 3.8) is 0 Å². The van der Waals surface area contributed by atoms with Gasteiger partial charge in [-0.25, -0.2) is 4.57 Å². The Kier molecular flexibility index (Phi) is 26.2. The molecule has 6 N–H and O–H groups in total. The molecule has 0 heterocycles. The monoisotopic (exact) mass is 738 g/mol. The number of unbranched alkanes of at least 4 members (excludes halogenated alkanes) is 17. The summed E-state index contributed by atoms with van der Waals surface area (Å²) in [7, 11) is -5.08. The fourth-order valence-electron chi connectivity index (χ4n) is 5.73. The topological polar surface area (TPSA) is 210 Å². The van der Waals surface area contributed by atoms with Gasteiger partial charge in [0.25, 0.3) is 0 Å². The van der Waals surface area contributed by atoms with E-state index < -0.39 is 75.7 Å². The molecule has 0 bridgehead atoms. The van der Waals surface area contributed by atoms with E-state index in [4.69, 9.17) is 18.5 Å². The molecule has 294 valence electrons. The molecular formula is C36H67O13P. The molecule has 50 heavy (non-hydrogen) atoms. The molecule has 6 atom stereocenters. The number of ether oxygens (including phenoxy) is 2. The second kappa shape index (κ2) is 28.1. The summed E-state index contributed by atoms with van der Waals surface area (Å²) in [4.78, 5) is 34.3. The number of phosphoric acid groups is 1. The number of allylic oxidation sites excluding steroid dienone is 2. The first-order chi connectivity index (χ1) is 23.9. The average Bonchev–Trinajstić information content (AvgIpc) is 3.10. The number of carbonyl (C=O) groups is 2. The Morgan fingerprint density at radius 3 is 1.54 bits per heavy atom. The van der Waals surface area contributed by atoms with Crippen molar-refractivity contribution in [1.82, 2.24) is 0 Å². The third kappa shape index (κ3) is 21.2. The molecule has 0 aliphatic heterocycles. The maximum Gasteiger partial charge on any atom is 0.472 e. The van der Waals surface area contributed by atoms with E-state index >= 15 is 0 Å². The summed E-state index contributed by atoms with van der Waals surface area (Å²) in [6.45, 7) is 2.63. The van der Waals surface area contributed by atoms with Crippen LogP contribution >= 0.6 is 7.82 Å². The Bertz CT molecular complexity index is 948. The Morgan fingerprint density at radius 1 is 0.620 bits per heavy atom. The zero-order valence-electron chi connectivity index (χ0n) is 30.4. The fourth-order valence-corrected chi connectivity index (χ4v) is 6.71. The van der Waals surface area contributed by atoms with Gasteiger partial charge in [-0.2, -0.15) is 0 Å². The van der Waals surface area contributed by atoms with E-state index in [1.54, 1.807) is 6.92 Å². The van der Waals surface area contributed by atoms with Crippen LogP contribution in [0.25, 0.3) is 0 Å². The van der Waals surface area contributed by atoms with Crippen LogP contribution < -0.4 is 0 Å². The molecule has 0 radical (unpaired) electrons. The quantitative estimate of drug-likeness (QED) is 0.0231. The van der Waals surface area contributed by atoms with Crippen molar-refractivity contribution < 1.29 is 63.1 Å². The van der Waals surface area contributed by atoms with Gasteiger partial charge in [0.15, 0.2) is 6.10 Å². The number of rotatable bonds is 30. The van der Waals surface area contributed by atoms with Crippen molar-refractivity contribution in [2.24, 2.45) is 0 Å². The third-order valence-electron chi connectivity index (χ3n) is 8.91. The smallest absolute Gasteiger partial charge is 0.462 e. The molecule has 1 aliphatic carbocycles. The summed E-state index contributed by atoms with van der Waals surface area (Å²) in [6.07, 6.45) is 14.4. The van der Waals surface area contributed by atoms with Gasteiger partial charge in [0, 0.05) is 12.8 Å². The van der Waals surface area contributed by atoms with Crippen LogP contribution in [-0.4, -0.2) is 98.3 Å². The van der Waals surface area contributed by atoms with Gasteiger partial charge in [0.05, 0.1) is 6.61 Å². The van der Waals surface area contributed by atoms with E-state index in [-0.39, 0.29) is 12.8 Å². The van der Waals surface area contributed by atoms with Crippen molar-refractivity contribution >= 4 is 19.8 Å². The Balaban J connectivity index is 2.22. The van der Waals surface area contributed by atoms with Crippen molar-refractivity contribution in [3.05, 3.63) is 12.2 Å². The normalized spacial score (nSPS) is 24.2. The number of aliphatic hydroxyl groups is 5. The first-order valence-electron chi connectivity index (χ1n) is 19.0. The fraction of sp³-hybridized carbons (Fsp3) is 0.889. The Labute approximate surface area is 299 Å². The summed E-state index contributed by atoms with van der Waals surface area (Å²) >= 11 is 0. The Morgan fingerprint density at radius 2 is 1.06 bits per heavy atom. The molecule has 0 aromatic heterocycles. The number of esters is 2. The minimum absolute atomic E-state index is 0.0495. The van der Waals surface area contributed by atoms with Crippen molar-refractivity contribution in [2.75, 3.05) is 13.2 Å². The van der Waals surface area contributed by atoms with E-state index in [1.807, 2.05) is 0 Å². The highest BCUT2D eigenvalue weighted by Crippen LogP contribution is 2.47. The van der Waals surface area contributed by atoms with Gasteiger partial charge in [-0.15, -0.1) is 0 Å². The van der Waals surface area contributed by atoms with Gasteiger partial charge >= 0.3 is 19.8 Å². The average molecular weight is 739 g/mol. The van der Waals surface area contributed by atoms with Gasteiger partial charge < -0.3 is 39.9 Å². The second-order valence-electron chi connectivity index (χ2n) is 13.4. The molecule has 1 rings (SSSR count). The number of hydrogen-bond donors (Lipinski definition) is 6. The molecule has 14 heteroatoms. The number of aliphatic hydroxyl groups excluding tert-OH is 5. The van der Waals surface area contributed by atoms with Crippen LogP contribution in [0.5, 0.6) is 0 Å². The Hall–Kier alpha value is -1.41. The van der Waals surface area contributed by atoms with Crippen LogP contribution in [-0.2, 0) is 32.7 Å². The van der Waals surface area contributed by atoms with E-state index in [0.29, 0.717) is 6.42 Å². The molecular weight excluding hydrogens is 671 g/mol. The summed E-state index contributed by atoms with van der Waals surface area (Å²) in [6, 6.07) is 0. The lowest BCUT2D eigenvalue weighted by molar-refractivity contribution is -0.220. The van der Waals surface area contributed by atoms with E-state index in [1.165, 1.54) is 83.5 Å². The minimum Gasteiger partial charge on any atom is -0.462 e. The molecule has 13 nitrogen and oxygen atoms in total. The van der Waals surface area contributed by atoms with E-state index in [9.17, 15) is 44.6 Å². The molecule has 1 aliphatic rings. The highest BCUT2D eigenvalue weighted by Gasteiger charge is 2.51. The number of hydrogen-bond acceptors (Lipinski definition) is 12. The number of phosphoric ester groups is 1. The summed E-state index contributed by atoms with van der Waals surface area (Å²) < 4.78 is 32.5. The molecule has 0 spiro atoms. The van der Waals surface area contributed by atoms with Gasteiger partial charge in [0.2, 0.25) is 0 Å². The molecule has 1 fully saturated rings. The molecule has 0 aromatic carbocycles. The molecule has 0 amide bonds. The van der Waals surface area contributed by atoms with Gasteiger partial charge in [-0.1, -0.05) is 116 Å². The molecule has 0 saturated heterocycles. The van der Waals surface area contributed by atoms with Gasteiger partial charge in [0.1, 0.15) is 43.2 Å². The molecule has 6 unspecified atom stereocenters. The summed E-state index contributed by atoms with van der Waals surface area (Å²) in [5, 5.41) is 49.4. The van der Waals surface area contributed by atoms with E-state index in [2.05, 4.69) is 19.1 Å². The number of carbonyl (C=O) groups excluding carboxylic acids is 2. The molecule has 0 aromatic rings. The zero-order valence-corrected chi connectivity index (χ0v) is 31.3. The third-order valence-corrected chi connectivity index (χ3v) is 9.90. The van der Waals surface area contributed by atoms with Gasteiger partial charge in [-0.05, 0) is 32.1 Å². The lowest BCUT2D eigenvalue weighted by atomic mass is 9.85.